The quantitative estimate of drug-likeness (QED) is 0.370. The fourth-order valence-electron chi connectivity index (χ4n) is 3.28. The molecule has 1 aromatic rings. The number of halogens is 1. The van der Waals surface area contributed by atoms with Gasteiger partial charge < -0.3 is 20.1 Å². The lowest BCUT2D eigenvalue weighted by molar-refractivity contribution is 0.213. The van der Waals surface area contributed by atoms with Gasteiger partial charge in [-0.15, -0.1) is 24.0 Å². The molecule has 2 N–H and O–H groups in total. The van der Waals surface area contributed by atoms with Gasteiger partial charge in [0.05, 0.1) is 5.69 Å². The molecule has 0 bridgehead atoms. The van der Waals surface area contributed by atoms with Gasteiger partial charge in [0.15, 0.2) is 5.96 Å². The normalized spacial score (nSPS) is 16.6. The number of aromatic nitrogens is 1. The van der Waals surface area contributed by atoms with Gasteiger partial charge in [0, 0.05) is 32.1 Å². The monoisotopic (exact) mass is 463 g/mol. The summed E-state index contributed by atoms with van der Waals surface area (Å²) < 4.78 is 5.42. The number of nitrogens with one attached hydrogen (secondary N) is 2. The van der Waals surface area contributed by atoms with Crippen LogP contribution < -0.4 is 10.6 Å². The van der Waals surface area contributed by atoms with E-state index in [0.29, 0.717) is 6.54 Å². The zero-order valence-electron chi connectivity index (χ0n) is 16.1. The molecule has 25 heavy (non-hydrogen) atoms. The van der Waals surface area contributed by atoms with Crippen LogP contribution in [0, 0.1) is 5.92 Å². The minimum atomic E-state index is 0. The summed E-state index contributed by atoms with van der Waals surface area (Å²) in [6, 6.07) is 0. The van der Waals surface area contributed by atoms with Crippen molar-refractivity contribution in [2.75, 3.05) is 33.7 Å². The Hall–Kier alpha value is -0.830. The summed E-state index contributed by atoms with van der Waals surface area (Å²) in [5.41, 5.74) is 2.22. The van der Waals surface area contributed by atoms with E-state index in [2.05, 4.69) is 46.6 Å². The summed E-state index contributed by atoms with van der Waals surface area (Å²) in [6.45, 7) is 8.34. The van der Waals surface area contributed by atoms with Crippen LogP contribution >= 0.6 is 24.0 Å². The summed E-state index contributed by atoms with van der Waals surface area (Å²) >= 11 is 0. The van der Waals surface area contributed by atoms with Crippen molar-refractivity contribution < 1.29 is 4.52 Å². The maximum Gasteiger partial charge on any atom is 0.191 e. The Morgan fingerprint density at radius 1 is 1.24 bits per heavy atom. The molecule has 0 amide bonds. The summed E-state index contributed by atoms with van der Waals surface area (Å²) in [4.78, 5) is 6.75. The van der Waals surface area contributed by atoms with E-state index >= 15 is 0 Å². The number of aryl methyl sites for hydroxylation is 2. The molecule has 6 nitrogen and oxygen atoms in total. The zero-order valence-corrected chi connectivity index (χ0v) is 18.4. The first kappa shape index (κ1) is 22.2. The van der Waals surface area contributed by atoms with Gasteiger partial charge in [0.2, 0.25) is 0 Å². The van der Waals surface area contributed by atoms with Crippen molar-refractivity contribution in [3.8, 4) is 0 Å². The van der Waals surface area contributed by atoms with Gasteiger partial charge in [-0.25, -0.2) is 0 Å². The first-order chi connectivity index (χ1) is 11.7. The van der Waals surface area contributed by atoms with Gasteiger partial charge in [-0.2, -0.15) is 0 Å². The van der Waals surface area contributed by atoms with Crippen molar-refractivity contribution in [2.24, 2.45) is 10.9 Å². The highest BCUT2D eigenvalue weighted by atomic mass is 127. The van der Waals surface area contributed by atoms with Gasteiger partial charge in [0.25, 0.3) is 0 Å². The Balaban J connectivity index is 0.00000312. The first-order valence-electron chi connectivity index (χ1n) is 9.27. The molecule has 0 radical (unpaired) electrons. The summed E-state index contributed by atoms with van der Waals surface area (Å²) in [6.07, 6.45) is 5.59. The van der Waals surface area contributed by atoms with Gasteiger partial charge >= 0.3 is 0 Å². The van der Waals surface area contributed by atoms with Crippen molar-refractivity contribution in [3.05, 3.63) is 17.0 Å². The second-order valence-corrected chi connectivity index (χ2v) is 6.63. The zero-order chi connectivity index (χ0) is 17.4. The molecule has 0 spiro atoms. The topological polar surface area (TPSA) is 65.7 Å². The Labute approximate surface area is 169 Å². The van der Waals surface area contributed by atoms with Crippen LogP contribution in [0.15, 0.2) is 9.52 Å². The number of aliphatic imine (C=N–C) groups is 1. The van der Waals surface area contributed by atoms with E-state index in [0.717, 1.165) is 42.7 Å². The molecule has 2 heterocycles. The van der Waals surface area contributed by atoms with Crippen molar-refractivity contribution in [1.29, 1.82) is 0 Å². The number of guanidine groups is 1. The van der Waals surface area contributed by atoms with Gasteiger partial charge in [0.1, 0.15) is 5.76 Å². The fourth-order valence-corrected chi connectivity index (χ4v) is 3.28. The standard InChI is InChI=1S/C18H33N5O.HI/c1-5-16-15(17(6-2)24-22-16)13-21-18(19-3)20-10-7-14-8-11-23(4)12-9-14;/h14H,5-13H2,1-4H3,(H2,19,20,21);1H. The molecule has 1 aliphatic heterocycles. The first-order valence-corrected chi connectivity index (χ1v) is 9.27. The maximum absolute atomic E-state index is 5.42. The SMILES string of the molecule is CCc1noc(CC)c1CNC(=NC)NCCC1CCN(C)CC1.I. The molecule has 0 unspecified atom stereocenters. The number of piperidine rings is 1. The van der Waals surface area contributed by atoms with Crippen molar-refractivity contribution in [3.63, 3.8) is 0 Å². The number of rotatable bonds is 7. The Kier molecular flexibility index (Phi) is 10.4. The Bertz CT molecular complexity index is 502. The molecule has 0 aliphatic carbocycles. The van der Waals surface area contributed by atoms with E-state index in [1.807, 2.05) is 7.05 Å². The predicted molar refractivity (Wildman–Crippen MR) is 114 cm³/mol. The lowest BCUT2D eigenvalue weighted by Crippen LogP contribution is -2.39. The highest BCUT2D eigenvalue weighted by molar-refractivity contribution is 14.0. The molecule has 2 rings (SSSR count). The number of likely N-dealkylation sites (tertiary alicyclic amines) is 1. The third kappa shape index (κ3) is 6.77. The molecule has 0 atom stereocenters. The predicted octanol–water partition coefficient (Wildman–Crippen LogP) is 2.81. The van der Waals surface area contributed by atoms with E-state index in [-0.39, 0.29) is 24.0 Å². The largest absolute Gasteiger partial charge is 0.361 e. The van der Waals surface area contributed by atoms with Gasteiger partial charge in [-0.1, -0.05) is 19.0 Å². The van der Waals surface area contributed by atoms with Crippen LogP contribution in [0.1, 0.15) is 50.1 Å². The van der Waals surface area contributed by atoms with E-state index < -0.39 is 0 Å². The Morgan fingerprint density at radius 2 is 1.96 bits per heavy atom. The lowest BCUT2D eigenvalue weighted by Gasteiger charge is -2.29. The minimum Gasteiger partial charge on any atom is -0.361 e. The summed E-state index contributed by atoms with van der Waals surface area (Å²) in [5.74, 6) is 2.66. The van der Waals surface area contributed by atoms with Gasteiger partial charge in [-0.3, -0.25) is 4.99 Å². The van der Waals surface area contributed by atoms with Crippen LogP contribution in [0.5, 0.6) is 0 Å². The molecule has 7 heteroatoms. The summed E-state index contributed by atoms with van der Waals surface area (Å²) in [5, 5.41) is 11.0. The molecule has 1 fully saturated rings. The van der Waals surface area contributed by atoms with E-state index in [1.54, 1.807) is 0 Å². The highest BCUT2D eigenvalue weighted by Crippen LogP contribution is 2.18. The van der Waals surface area contributed by atoms with Gasteiger partial charge in [-0.05, 0) is 51.7 Å². The third-order valence-corrected chi connectivity index (χ3v) is 4.95. The molecule has 1 aromatic heterocycles. The van der Waals surface area contributed by atoms with Crippen molar-refractivity contribution >= 4 is 29.9 Å². The molecule has 0 aromatic carbocycles. The molecule has 144 valence electrons. The second kappa shape index (κ2) is 11.7. The average Bonchev–Trinajstić information content (AvgIpc) is 3.01. The van der Waals surface area contributed by atoms with Crippen LogP contribution in [0.3, 0.4) is 0 Å². The minimum absolute atomic E-state index is 0. The third-order valence-electron chi connectivity index (χ3n) is 4.95. The Morgan fingerprint density at radius 3 is 2.56 bits per heavy atom. The number of nitrogens with zero attached hydrogens (tertiary/aromatic N) is 3. The molecule has 1 saturated heterocycles. The smallest absolute Gasteiger partial charge is 0.191 e. The number of hydrogen-bond acceptors (Lipinski definition) is 4. The van der Waals surface area contributed by atoms with E-state index in [1.165, 1.54) is 37.9 Å². The van der Waals surface area contributed by atoms with E-state index in [9.17, 15) is 0 Å². The van der Waals surface area contributed by atoms with Crippen LogP contribution in [-0.4, -0.2) is 49.7 Å². The molecular formula is C18H34IN5O. The molecule has 1 aliphatic rings. The second-order valence-electron chi connectivity index (χ2n) is 6.63. The fraction of sp³-hybridized carbons (Fsp3) is 0.778. The van der Waals surface area contributed by atoms with Crippen LogP contribution in [0.4, 0.5) is 0 Å². The van der Waals surface area contributed by atoms with Crippen molar-refractivity contribution in [2.45, 2.75) is 52.5 Å². The summed E-state index contributed by atoms with van der Waals surface area (Å²) in [7, 11) is 4.03. The van der Waals surface area contributed by atoms with Crippen LogP contribution in [0.2, 0.25) is 0 Å². The average molecular weight is 463 g/mol. The van der Waals surface area contributed by atoms with Crippen molar-refractivity contribution in [1.82, 2.24) is 20.7 Å². The van der Waals surface area contributed by atoms with Crippen LogP contribution in [-0.2, 0) is 19.4 Å². The van der Waals surface area contributed by atoms with E-state index in [4.69, 9.17) is 4.52 Å². The lowest BCUT2D eigenvalue weighted by atomic mass is 9.94. The molecule has 0 saturated carbocycles. The van der Waals surface area contributed by atoms with Crippen LogP contribution in [0.25, 0.3) is 0 Å². The maximum atomic E-state index is 5.42. The number of hydrogen-bond donors (Lipinski definition) is 2. The highest BCUT2D eigenvalue weighted by Gasteiger charge is 2.16. The molecular weight excluding hydrogens is 429 g/mol.